The molecule has 0 saturated carbocycles. The molecular weight excluding hydrogens is 316 g/mol. The summed E-state index contributed by atoms with van der Waals surface area (Å²) in [5.74, 6) is 1.80. The van der Waals surface area contributed by atoms with Crippen molar-refractivity contribution in [2.45, 2.75) is 38.6 Å². The highest BCUT2D eigenvalue weighted by Crippen LogP contribution is 2.14. The Morgan fingerprint density at radius 2 is 2.00 bits per heavy atom. The molecule has 2 aromatic heterocycles. The van der Waals surface area contributed by atoms with E-state index in [2.05, 4.69) is 30.0 Å². The van der Waals surface area contributed by atoms with Gasteiger partial charge in [0.2, 0.25) is 0 Å². The van der Waals surface area contributed by atoms with Crippen molar-refractivity contribution in [1.29, 1.82) is 0 Å². The van der Waals surface area contributed by atoms with Gasteiger partial charge in [-0.3, -0.25) is 9.78 Å². The van der Waals surface area contributed by atoms with Gasteiger partial charge in [0.05, 0.1) is 17.2 Å². The van der Waals surface area contributed by atoms with E-state index in [0.29, 0.717) is 18.7 Å². The average molecular weight is 336 g/mol. The van der Waals surface area contributed by atoms with E-state index in [1.807, 2.05) is 24.3 Å². The minimum atomic E-state index is -0.214. The summed E-state index contributed by atoms with van der Waals surface area (Å²) >= 11 is 0. The van der Waals surface area contributed by atoms with Crippen LogP contribution in [0.4, 0.5) is 0 Å². The standard InChI is InChI=1S/C18H20N6O/c25-18(15-12-20-13-6-3-4-7-14(13)21-15)19-10-9-17-23-22-16-8-2-1-5-11-24(16)17/h3-4,6-7,12H,1-2,5,8-11H2,(H,19,25). The van der Waals surface area contributed by atoms with E-state index in [1.54, 1.807) is 0 Å². The number of nitrogens with one attached hydrogen (secondary N) is 1. The third kappa shape index (κ3) is 3.35. The molecule has 0 saturated heterocycles. The molecule has 3 heterocycles. The van der Waals surface area contributed by atoms with Crippen molar-refractivity contribution in [3.63, 3.8) is 0 Å². The first kappa shape index (κ1) is 15.7. The summed E-state index contributed by atoms with van der Waals surface area (Å²) in [5.41, 5.74) is 1.84. The van der Waals surface area contributed by atoms with Crippen LogP contribution in [0.5, 0.6) is 0 Å². The average Bonchev–Trinajstić information content (AvgIpc) is 2.88. The van der Waals surface area contributed by atoms with Crippen LogP contribution in [0.2, 0.25) is 0 Å². The number of nitrogens with zero attached hydrogens (tertiary/aromatic N) is 5. The van der Waals surface area contributed by atoms with Crippen LogP contribution >= 0.6 is 0 Å². The van der Waals surface area contributed by atoms with Crippen LogP contribution in [0.3, 0.4) is 0 Å². The topological polar surface area (TPSA) is 85.6 Å². The van der Waals surface area contributed by atoms with Crippen LogP contribution in [0.1, 0.15) is 41.4 Å². The molecule has 7 nitrogen and oxygen atoms in total. The Labute approximate surface area is 145 Å². The number of rotatable bonds is 4. The number of carbonyl (C=O) groups excluding carboxylic acids is 1. The summed E-state index contributed by atoms with van der Waals surface area (Å²) in [6, 6.07) is 7.51. The number of fused-ring (bicyclic) bond motifs is 2. The first-order valence-electron chi connectivity index (χ1n) is 8.72. The van der Waals surface area contributed by atoms with Crippen molar-refractivity contribution in [3.8, 4) is 0 Å². The molecule has 0 atom stereocenters. The molecule has 1 amide bonds. The van der Waals surface area contributed by atoms with E-state index in [9.17, 15) is 4.79 Å². The Balaban J connectivity index is 1.39. The third-order valence-electron chi connectivity index (χ3n) is 4.50. The molecule has 0 unspecified atom stereocenters. The first-order chi connectivity index (χ1) is 12.3. The summed E-state index contributed by atoms with van der Waals surface area (Å²) in [6.07, 6.45) is 6.75. The molecule has 1 aromatic carbocycles. The van der Waals surface area contributed by atoms with E-state index in [0.717, 1.165) is 42.1 Å². The highest BCUT2D eigenvalue weighted by molar-refractivity contribution is 5.93. The van der Waals surface area contributed by atoms with Crippen LogP contribution in [0.15, 0.2) is 30.5 Å². The molecule has 4 rings (SSSR count). The Hall–Kier alpha value is -2.83. The van der Waals surface area contributed by atoms with Gasteiger partial charge in [0, 0.05) is 25.9 Å². The summed E-state index contributed by atoms with van der Waals surface area (Å²) in [5, 5.41) is 11.5. The molecule has 7 heteroatoms. The fourth-order valence-electron chi connectivity index (χ4n) is 3.18. The number of aromatic nitrogens is 5. The Morgan fingerprint density at radius 3 is 2.92 bits per heavy atom. The van der Waals surface area contributed by atoms with Gasteiger partial charge in [-0.2, -0.15) is 0 Å². The zero-order chi connectivity index (χ0) is 17.1. The zero-order valence-electron chi connectivity index (χ0n) is 14.0. The number of hydrogen-bond acceptors (Lipinski definition) is 5. The maximum absolute atomic E-state index is 12.3. The van der Waals surface area contributed by atoms with Crippen LogP contribution in [-0.4, -0.2) is 37.2 Å². The van der Waals surface area contributed by atoms with Crippen molar-refractivity contribution >= 4 is 16.9 Å². The summed E-state index contributed by atoms with van der Waals surface area (Å²) in [7, 11) is 0. The maximum Gasteiger partial charge on any atom is 0.271 e. The van der Waals surface area contributed by atoms with Gasteiger partial charge in [-0.05, 0) is 25.0 Å². The Kier molecular flexibility index (Phi) is 4.37. The van der Waals surface area contributed by atoms with Crippen molar-refractivity contribution in [3.05, 3.63) is 47.8 Å². The van der Waals surface area contributed by atoms with E-state index < -0.39 is 0 Å². The Bertz CT molecular complexity index is 903. The first-order valence-corrected chi connectivity index (χ1v) is 8.72. The third-order valence-corrected chi connectivity index (χ3v) is 4.50. The molecule has 25 heavy (non-hydrogen) atoms. The fourth-order valence-corrected chi connectivity index (χ4v) is 3.18. The predicted octanol–water partition coefficient (Wildman–Crippen LogP) is 1.92. The van der Waals surface area contributed by atoms with E-state index in [-0.39, 0.29) is 5.91 Å². The van der Waals surface area contributed by atoms with E-state index >= 15 is 0 Å². The van der Waals surface area contributed by atoms with Crippen LogP contribution < -0.4 is 5.32 Å². The number of carbonyl (C=O) groups is 1. The molecule has 0 aliphatic carbocycles. The lowest BCUT2D eigenvalue weighted by molar-refractivity contribution is 0.0949. The van der Waals surface area contributed by atoms with Crippen molar-refractivity contribution in [2.24, 2.45) is 0 Å². The van der Waals surface area contributed by atoms with Gasteiger partial charge in [0.1, 0.15) is 17.3 Å². The molecule has 0 bridgehead atoms. The van der Waals surface area contributed by atoms with Gasteiger partial charge in [-0.25, -0.2) is 4.98 Å². The fraction of sp³-hybridized carbons (Fsp3) is 0.389. The summed E-state index contributed by atoms with van der Waals surface area (Å²) < 4.78 is 2.20. The minimum Gasteiger partial charge on any atom is -0.350 e. The molecule has 0 radical (unpaired) electrons. The van der Waals surface area contributed by atoms with Crippen LogP contribution in [-0.2, 0) is 19.4 Å². The molecule has 3 aromatic rings. The quantitative estimate of drug-likeness (QED) is 0.787. The van der Waals surface area contributed by atoms with E-state index in [4.69, 9.17) is 0 Å². The second-order valence-electron chi connectivity index (χ2n) is 6.24. The minimum absolute atomic E-state index is 0.214. The number of amides is 1. The predicted molar refractivity (Wildman–Crippen MR) is 93.2 cm³/mol. The number of benzene rings is 1. The van der Waals surface area contributed by atoms with Crippen molar-refractivity contribution in [2.75, 3.05) is 6.54 Å². The molecule has 1 aliphatic rings. The smallest absolute Gasteiger partial charge is 0.271 e. The number of para-hydroxylation sites is 2. The monoisotopic (exact) mass is 336 g/mol. The molecular formula is C18H20N6O. The van der Waals surface area contributed by atoms with Gasteiger partial charge in [0.15, 0.2) is 0 Å². The molecule has 0 spiro atoms. The van der Waals surface area contributed by atoms with Gasteiger partial charge < -0.3 is 9.88 Å². The summed E-state index contributed by atoms with van der Waals surface area (Å²) in [6.45, 7) is 1.48. The maximum atomic E-state index is 12.3. The molecule has 1 aliphatic heterocycles. The largest absolute Gasteiger partial charge is 0.350 e. The second kappa shape index (κ2) is 6.96. The zero-order valence-corrected chi connectivity index (χ0v) is 14.0. The van der Waals surface area contributed by atoms with E-state index in [1.165, 1.54) is 19.0 Å². The van der Waals surface area contributed by atoms with Crippen molar-refractivity contribution < 1.29 is 4.79 Å². The van der Waals surface area contributed by atoms with Gasteiger partial charge >= 0.3 is 0 Å². The van der Waals surface area contributed by atoms with Gasteiger partial charge in [-0.15, -0.1) is 10.2 Å². The Morgan fingerprint density at radius 1 is 1.12 bits per heavy atom. The van der Waals surface area contributed by atoms with Crippen LogP contribution in [0.25, 0.3) is 11.0 Å². The van der Waals surface area contributed by atoms with Gasteiger partial charge in [0.25, 0.3) is 5.91 Å². The lowest BCUT2D eigenvalue weighted by Gasteiger charge is -2.08. The SMILES string of the molecule is O=C(NCCc1nnc2n1CCCCC2)c1cnc2ccccc2n1. The highest BCUT2D eigenvalue weighted by atomic mass is 16.1. The second-order valence-corrected chi connectivity index (χ2v) is 6.24. The molecule has 128 valence electrons. The van der Waals surface area contributed by atoms with Crippen molar-refractivity contribution in [1.82, 2.24) is 30.0 Å². The van der Waals surface area contributed by atoms with Gasteiger partial charge in [-0.1, -0.05) is 18.6 Å². The number of aryl methyl sites for hydroxylation is 1. The normalized spacial score (nSPS) is 14.1. The summed E-state index contributed by atoms with van der Waals surface area (Å²) in [4.78, 5) is 20.9. The molecule has 1 N–H and O–H groups in total. The lowest BCUT2D eigenvalue weighted by Crippen LogP contribution is -2.27. The molecule has 0 fully saturated rings. The highest BCUT2D eigenvalue weighted by Gasteiger charge is 2.15. The lowest BCUT2D eigenvalue weighted by atomic mass is 10.2. The number of hydrogen-bond donors (Lipinski definition) is 1. The van der Waals surface area contributed by atoms with Crippen LogP contribution in [0, 0.1) is 0 Å².